The Labute approximate surface area is 201 Å². The molecule has 0 amide bonds. The minimum absolute atomic E-state index is 0. The van der Waals surface area contributed by atoms with Crippen LogP contribution in [0.1, 0.15) is 25.0 Å². The van der Waals surface area contributed by atoms with Crippen molar-refractivity contribution in [2.24, 2.45) is 16.6 Å². The zero-order chi connectivity index (χ0) is 22.1. The van der Waals surface area contributed by atoms with Crippen LogP contribution < -0.4 is 25.2 Å². The Bertz CT molecular complexity index is 964. The molecule has 0 aliphatic heterocycles. The second kappa shape index (κ2) is 12.7. The van der Waals surface area contributed by atoms with Gasteiger partial charge in [-0.25, -0.2) is 18.1 Å². The molecule has 0 atom stereocenters. The monoisotopic (exact) mass is 562 g/mol. The minimum atomic E-state index is -3.49. The molecule has 10 heteroatoms. The number of benzene rings is 2. The molecule has 0 aliphatic carbocycles. The van der Waals surface area contributed by atoms with Crippen molar-refractivity contribution in [1.82, 2.24) is 10.0 Å². The second-order valence-electron chi connectivity index (χ2n) is 7.13. The van der Waals surface area contributed by atoms with E-state index in [-0.39, 0.29) is 34.8 Å². The summed E-state index contributed by atoms with van der Waals surface area (Å²) in [6.45, 7) is 5.13. The topological polar surface area (TPSA) is 115 Å². The summed E-state index contributed by atoms with van der Waals surface area (Å²) in [5.41, 5.74) is 7.76. The lowest BCUT2D eigenvalue weighted by Crippen LogP contribution is -2.31. The Kier molecular flexibility index (Phi) is 11.1. The summed E-state index contributed by atoms with van der Waals surface area (Å²) in [5.74, 6) is 1.82. The van der Waals surface area contributed by atoms with E-state index >= 15 is 0 Å². The summed E-state index contributed by atoms with van der Waals surface area (Å²) < 4.78 is 37.6. The van der Waals surface area contributed by atoms with Crippen molar-refractivity contribution in [2.75, 3.05) is 20.8 Å². The van der Waals surface area contributed by atoms with Gasteiger partial charge in [0.05, 0.1) is 25.7 Å². The highest BCUT2D eigenvalue weighted by Crippen LogP contribution is 2.27. The van der Waals surface area contributed by atoms with E-state index in [0.29, 0.717) is 37.1 Å². The Hall–Kier alpha value is -2.05. The van der Waals surface area contributed by atoms with Crippen LogP contribution in [0.5, 0.6) is 11.5 Å². The normalized spacial score (nSPS) is 11.7. The minimum Gasteiger partial charge on any atom is -0.493 e. The van der Waals surface area contributed by atoms with Crippen molar-refractivity contribution in [3.8, 4) is 11.5 Å². The fourth-order valence-corrected chi connectivity index (χ4v) is 3.76. The number of aliphatic imine (C=N–C) groups is 1. The second-order valence-corrected chi connectivity index (χ2v) is 8.90. The molecule has 0 saturated carbocycles. The molecule has 0 radical (unpaired) electrons. The molecule has 0 unspecified atom stereocenters. The fourth-order valence-electron chi connectivity index (χ4n) is 2.55. The Morgan fingerprint density at radius 1 is 1.03 bits per heavy atom. The van der Waals surface area contributed by atoms with Gasteiger partial charge in [0.1, 0.15) is 0 Å². The van der Waals surface area contributed by atoms with E-state index in [9.17, 15) is 8.42 Å². The number of nitrogens with zero attached hydrogens (tertiary/aromatic N) is 1. The average molecular weight is 562 g/mol. The molecule has 2 aromatic carbocycles. The van der Waals surface area contributed by atoms with Crippen molar-refractivity contribution in [3.05, 3.63) is 53.6 Å². The van der Waals surface area contributed by atoms with Crippen LogP contribution >= 0.6 is 24.0 Å². The molecule has 0 heterocycles. The van der Waals surface area contributed by atoms with Gasteiger partial charge in [0.25, 0.3) is 0 Å². The molecule has 8 nitrogen and oxygen atoms in total. The van der Waals surface area contributed by atoms with Crippen molar-refractivity contribution in [1.29, 1.82) is 0 Å². The molecule has 2 aromatic rings. The third kappa shape index (κ3) is 8.54. The number of rotatable bonds is 10. The van der Waals surface area contributed by atoms with Gasteiger partial charge in [-0.05, 0) is 41.3 Å². The highest BCUT2D eigenvalue weighted by atomic mass is 127. The largest absolute Gasteiger partial charge is 0.493 e. The Balaban J connectivity index is 0.00000480. The van der Waals surface area contributed by atoms with E-state index in [2.05, 4.69) is 15.0 Å². The smallest absolute Gasteiger partial charge is 0.240 e. The molecule has 31 heavy (non-hydrogen) atoms. The molecule has 2 rings (SSSR count). The summed E-state index contributed by atoms with van der Waals surface area (Å²) >= 11 is 0. The predicted octanol–water partition coefficient (Wildman–Crippen LogP) is 2.86. The maximum absolute atomic E-state index is 12.2. The van der Waals surface area contributed by atoms with E-state index in [1.54, 1.807) is 38.5 Å². The molecule has 0 aromatic heterocycles. The van der Waals surface area contributed by atoms with Crippen LogP contribution in [-0.2, 0) is 23.1 Å². The first-order valence-electron chi connectivity index (χ1n) is 9.58. The maximum Gasteiger partial charge on any atom is 0.240 e. The Morgan fingerprint density at radius 3 is 2.23 bits per heavy atom. The molecule has 0 aliphatic rings. The van der Waals surface area contributed by atoms with Crippen molar-refractivity contribution < 1.29 is 17.9 Å². The molecule has 0 spiro atoms. The van der Waals surface area contributed by atoms with E-state index in [1.165, 1.54) is 0 Å². The van der Waals surface area contributed by atoms with E-state index in [1.807, 2.05) is 32.0 Å². The molecule has 4 N–H and O–H groups in total. The van der Waals surface area contributed by atoms with E-state index in [0.717, 1.165) is 11.1 Å². The summed E-state index contributed by atoms with van der Waals surface area (Å²) in [5, 5.41) is 3.03. The standard InChI is InChI=1S/C21H30N4O4S.HI/c1-15(2)12-25-30(26,27)18-8-5-16(6-9-18)13-23-21(22)24-14-17-7-10-19(28-3)20(11-17)29-4;/h5-11,15,25H,12-14H2,1-4H3,(H3,22,23,24);1H. The average Bonchev–Trinajstić information content (AvgIpc) is 2.75. The van der Waals surface area contributed by atoms with Crippen LogP contribution in [0.4, 0.5) is 0 Å². The van der Waals surface area contributed by atoms with Gasteiger partial charge < -0.3 is 20.5 Å². The van der Waals surface area contributed by atoms with Gasteiger partial charge in [-0.3, -0.25) is 0 Å². The lowest BCUT2D eigenvalue weighted by molar-refractivity contribution is 0.354. The first-order valence-corrected chi connectivity index (χ1v) is 11.1. The highest BCUT2D eigenvalue weighted by Gasteiger charge is 2.13. The van der Waals surface area contributed by atoms with Gasteiger partial charge in [0.15, 0.2) is 17.5 Å². The van der Waals surface area contributed by atoms with Crippen LogP contribution in [0.3, 0.4) is 0 Å². The quantitative estimate of drug-likeness (QED) is 0.233. The molecule has 172 valence electrons. The van der Waals surface area contributed by atoms with Gasteiger partial charge in [-0.15, -0.1) is 24.0 Å². The third-order valence-corrected chi connectivity index (χ3v) is 5.71. The number of hydrogen-bond acceptors (Lipinski definition) is 5. The van der Waals surface area contributed by atoms with Gasteiger partial charge in [-0.1, -0.05) is 32.0 Å². The van der Waals surface area contributed by atoms with Crippen molar-refractivity contribution >= 4 is 40.0 Å². The number of methoxy groups -OCH3 is 2. The van der Waals surface area contributed by atoms with Crippen molar-refractivity contribution in [3.63, 3.8) is 0 Å². The van der Waals surface area contributed by atoms with Gasteiger partial charge >= 0.3 is 0 Å². The maximum atomic E-state index is 12.2. The van der Waals surface area contributed by atoms with Gasteiger partial charge in [0.2, 0.25) is 10.0 Å². The summed E-state index contributed by atoms with van der Waals surface area (Å²) in [7, 11) is -0.325. The van der Waals surface area contributed by atoms with Gasteiger partial charge in [0, 0.05) is 13.1 Å². The number of guanidine groups is 1. The first-order chi connectivity index (χ1) is 14.2. The fraction of sp³-hybridized carbons (Fsp3) is 0.381. The molecule has 0 bridgehead atoms. The summed E-state index contributed by atoms with van der Waals surface area (Å²) in [6.07, 6.45) is 0. The number of nitrogens with two attached hydrogens (primary N) is 1. The van der Waals surface area contributed by atoms with E-state index in [4.69, 9.17) is 15.2 Å². The lowest BCUT2D eigenvalue weighted by atomic mass is 10.2. The molecule has 0 fully saturated rings. The van der Waals surface area contributed by atoms with Crippen LogP contribution in [0.2, 0.25) is 0 Å². The molecule has 0 saturated heterocycles. The number of hydrogen-bond donors (Lipinski definition) is 3. The summed E-state index contributed by atoms with van der Waals surface area (Å²) in [4.78, 5) is 4.56. The number of halogens is 1. The van der Waals surface area contributed by atoms with Gasteiger partial charge in [-0.2, -0.15) is 0 Å². The van der Waals surface area contributed by atoms with Crippen LogP contribution in [0, 0.1) is 5.92 Å². The third-order valence-electron chi connectivity index (χ3n) is 4.27. The summed E-state index contributed by atoms with van der Waals surface area (Å²) in [6, 6.07) is 12.2. The zero-order valence-corrected chi connectivity index (χ0v) is 21.4. The number of sulfonamides is 1. The van der Waals surface area contributed by atoms with E-state index < -0.39 is 10.0 Å². The van der Waals surface area contributed by atoms with Crippen LogP contribution in [-0.4, -0.2) is 35.1 Å². The zero-order valence-electron chi connectivity index (χ0n) is 18.2. The van der Waals surface area contributed by atoms with Crippen molar-refractivity contribution in [2.45, 2.75) is 31.8 Å². The predicted molar refractivity (Wildman–Crippen MR) is 134 cm³/mol. The van der Waals surface area contributed by atoms with Crippen LogP contribution in [0.25, 0.3) is 0 Å². The highest BCUT2D eigenvalue weighted by molar-refractivity contribution is 14.0. The Morgan fingerprint density at radius 2 is 1.65 bits per heavy atom. The number of ether oxygens (including phenoxy) is 2. The first kappa shape index (κ1) is 27.0. The molecular weight excluding hydrogens is 531 g/mol. The molecular formula is C21H31IN4O4S. The number of nitrogens with one attached hydrogen (secondary N) is 2. The van der Waals surface area contributed by atoms with Crippen LogP contribution in [0.15, 0.2) is 52.4 Å². The lowest BCUT2D eigenvalue weighted by Gasteiger charge is -2.10. The SMILES string of the molecule is COc1ccc(CN=C(N)NCc2ccc(S(=O)(=O)NCC(C)C)cc2)cc1OC.I.